The van der Waals surface area contributed by atoms with Crippen molar-refractivity contribution in [1.82, 2.24) is 0 Å². The molecule has 0 aliphatic rings. The van der Waals surface area contributed by atoms with Gasteiger partial charge >= 0.3 is 20.7 Å². The maximum absolute atomic E-state index is 11.1. The van der Waals surface area contributed by atoms with Gasteiger partial charge < -0.3 is 22.8 Å². The molecule has 23 heavy (non-hydrogen) atoms. The second-order valence-corrected chi connectivity index (χ2v) is 7.68. The van der Waals surface area contributed by atoms with E-state index in [4.69, 9.17) is 18.0 Å². The van der Waals surface area contributed by atoms with Crippen LogP contribution < -0.4 is 0 Å². The van der Waals surface area contributed by atoms with Crippen molar-refractivity contribution in [2.24, 2.45) is 0 Å². The van der Waals surface area contributed by atoms with Gasteiger partial charge in [0.1, 0.15) is 0 Å². The molecule has 0 aliphatic heterocycles. The SMILES string of the molecule is C=C(C)C(=O)OC.C=C(C)C(=O)OCCC[Si](OC)(OC)OC. The number of rotatable bonds is 9. The number of hydrogen-bond donors (Lipinski definition) is 0. The molecule has 0 spiro atoms. The summed E-state index contributed by atoms with van der Waals surface area (Å²) in [5, 5.41) is 0. The summed E-state index contributed by atoms with van der Waals surface area (Å²) in [6.45, 7) is 10.4. The van der Waals surface area contributed by atoms with Crippen molar-refractivity contribution in [1.29, 1.82) is 0 Å². The first-order chi connectivity index (χ1) is 10.7. The summed E-state index contributed by atoms with van der Waals surface area (Å²) in [6.07, 6.45) is 0.640. The van der Waals surface area contributed by atoms with E-state index in [-0.39, 0.29) is 11.9 Å². The number of esters is 2. The Kier molecular flexibility index (Phi) is 13.4. The molecule has 0 aromatic rings. The Labute approximate surface area is 139 Å². The zero-order chi connectivity index (χ0) is 18.5. The van der Waals surface area contributed by atoms with Gasteiger partial charge in [-0.3, -0.25) is 0 Å². The predicted molar refractivity (Wildman–Crippen MR) is 88.8 cm³/mol. The zero-order valence-corrected chi connectivity index (χ0v) is 15.9. The lowest BCUT2D eigenvalue weighted by molar-refractivity contribution is -0.139. The fraction of sp³-hybridized carbons (Fsp3) is 0.600. The highest BCUT2D eigenvalue weighted by molar-refractivity contribution is 6.60. The minimum Gasteiger partial charge on any atom is -0.466 e. The third kappa shape index (κ3) is 10.8. The lowest BCUT2D eigenvalue weighted by Crippen LogP contribution is -2.42. The van der Waals surface area contributed by atoms with Gasteiger partial charge in [-0.25, -0.2) is 9.59 Å². The molecule has 0 bridgehead atoms. The molecule has 7 nitrogen and oxygen atoms in total. The fourth-order valence-electron chi connectivity index (χ4n) is 1.31. The Morgan fingerprint density at radius 1 is 0.870 bits per heavy atom. The molecule has 0 unspecified atom stereocenters. The van der Waals surface area contributed by atoms with Crippen LogP contribution in [0.5, 0.6) is 0 Å². The Morgan fingerprint density at radius 3 is 1.57 bits per heavy atom. The largest absolute Gasteiger partial charge is 0.500 e. The third-order valence-corrected chi connectivity index (χ3v) is 5.51. The summed E-state index contributed by atoms with van der Waals surface area (Å²) in [6, 6.07) is 0.611. The summed E-state index contributed by atoms with van der Waals surface area (Å²) < 4.78 is 24.9. The van der Waals surface area contributed by atoms with E-state index in [0.717, 1.165) is 0 Å². The van der Waals surface area contributed by atoms with E-state index in [0.29, 0.717) is 30.2 Å². The molecule has 0 saturated heterocycles. The standard InChI is InChI=1S/C10H20O5Si.C5H8O2/c1-9(2)10(11)15-7-6-8-16(12-3,13-4)14-5;1-4(2)5(6)7-3/h1,6-8H2,2-5H3;1H2,2-3H3. The number of methoxy groups -OCH3 is 1. The minimum atomic E-state index is -2.53. The van der Waals surface area contributed by atoms with Crippen molar-refractivity contribution in [3.05, 3.63) is 24.3 Å². The van der Waals surface area contributed by atoms with Gasteiger partial charge in [-0.1, -0.05) is 13.2 Å². The lowest BCUT2D eigenvalue weighted by Gasteiger charge is -2.24. The van der Waals surface area contributed by atoms with Crippen molar-refractivity contribution in [2.45, 2.75) is 26.3 Å². The topological polar surface area (TPSA) is 80.3 Å². The molecule has 0 radical (unpaired) electrons. The Morgan fingerprint density at radius 2 is 1.30 bits per heavy atom. The molecule has 0 aromatic heterocycles. The van der Waals surface area contributed by atoms with Gasteiger partial charge in [0.25, 0.3) is 0 Å². The molecule has 0 aliphatic carbocycles. The quantitative estimate of drug-likeness (QED) is 0.273. The van der Waals surface area contributed by atoms with Crippen LogP contribution in [0.4, 0.5) is 0 Å². The molecule has 0 N–H and O–H groups in total. The van der Waals surface area contributed by atoms with Gasteiger partial charge in [0.15, 0.2) is 0 Å². The first-order valence-electron chi connectivity index (χ1n) is 6.91. The first kappa shape index (κ1) is 23.8. The van der Waals surface area contributed by atoms with E-state index < -0.39 is 8.80 Å². The van der Waals surface area contributed by atoms with Crippen molar-refractivity contribution in [2.75, 3.05) is 35.0 Å². The highest BCUT2D eigenvalue weighted by Gasteiger charge is 2.36. The van der Waals surface area contributed by atoms with Crippen LogP contribution in [0.15, 0.2) is 24.3 Å². The summed E-state index contributed by atoms with van der Waals surface area (Å²) in [4.78, 5) is 21.3. The fourth-order valence-corrected chi connectivity index (χ4v) is 3.00. The maximum atomic E-state index is 11.1. The van der Waals surface area contributed by atoms with Gasteiger partial charge in [-0.15, -0.1) is 0 Å². The summed E-state index contributed by atoms with van der Waals surface area (Å²) in [7, 11) is 3.46. The molecule has 0 aromatic carbocycles. The van der Waals surface area contributed by atoms with Crippen molar-refractivity contribution >= 4 is 20.7 Å². The number of carbonyl (C=O) groups excluding carboxylic acids is 2. The van der Waals surface area contributed by atoms with Gasteiger partial charge in [0.2, 0.25) is 0 Å². The van der Waals surface area contributed by atoms with Crippen LogP contribution in [0.1, 0.15) is 20.3 Å². The van der Waals surface area contributed by atoms with E-state index in [1.54, 1.807) is 35.2 Å². The van der Waals surface area contributed by atoms with E-state index in [9.17, 15) is 9.59 Å². The van der Waals surface area contributed by atoms with Crippen LogP contribution >= 0.6 is 0 Å². The predicted octanol–water partition coefficient (Wildman–Crippen LogP) is 2.11. The van der Waals surface area contributed by atoms with Crippen LogP contribution in [0.25, 0.3) is 0 Å². The summed E-state index contributed by atoms with van der Waals surface area (Å²) in [5.41, 5.74) is 0.830. The van der Waals surface area contributed by atoms with E-state index in [2.05, 4.69) is 17.9 Å². The molecule has 0 heterocycles. The van der Waals surface area contributed by atoms with Crippen LogP contribution in [-0.2, 0) is 32.3 Å². The van der Waals surface area contributed by atoms with Crippen molar-refractivity contribution < 1.29 is 32.3 Å². The van der Waals surface area contributed by atoms with E-state index in [1.165, 1.54) is 7.11 Å². The van der Waals surface area contributed by atoms with Gasteiger partial charge in [-0.2, -0.15) is 0 Å². The summed E-state index contributed by atoms with van der Waals surface area (Å²) in [5.74, 6) is -0.723. The number of ether oxygens (including phenoxy) is 2. The van der Waals surface area contributed by atoms with Crippen molar-refractivity contribution in [3.63, 3.8) is 0 Å². The Balaban J connectivity index is 0. The average Bonchev–Trinajstić information content (AvgIpc) is 2.55. The minimum absolute atomic E-state index is 0.316. The van der Waals surface area contributed by atoms with Gasteiger partial charge in [-0.05, 0) is 20.3 Å². The van der Waals surface area contributed by atoms with Crippen LogP contribution in [-0.4, -0.2) is 55.8 Å². The van der Waals surface area contributed by atoms with Crippen LogP contribution in [0.2, 0.25) is 6.04 Å². The van der Waals surface area contributed by atoms with Crippen LogP contribution in [0, 0.1) is 0 Å². The smallest absolute Gasteiger partial charge is 0.466 e. The summed E-state index contributed by atoms with van der Waals surface area (Å²) >= 11 is 0. The zero-order valence-electron chi connectivity index (χ0n) is 14.9. The molecule has 0 saturated carbocycles. The first-order valence-corrected chi connectivity index (χ1v) is 8.84. The molecule has 0 rings (SSSR count). The molecule has 0 amide bonds. The monoisotopic (exact) mass is 348 g/mol. The van der Waals surface area contributed by atoms with Crippen LogP contribution in [0.3, 0.4) is 0 Å². The highest BCUT2D eigenvalue weighted by Crippen LogP contribution is 2.14. The van der Waals surface area contributed by atoms with Crippen molar-refractivity contribution in [3.8, 4) is 0 Å². The molecule has 0 atom stereocenters. The molecule has 8 heteroatoms. The molecular weight excluding hydrogens is 320 g/mol. The lowest BCUT2D eigenvalue weighted by atomic mass is 10.4. The average molecular weight is 348 g/mol. The van der Waals surface area contributed by atoms with E-state index in [1.807, 2.05) is 0 Å². The van der Waals surface area contributed by atoms with Gasteiger partial charge in [0.05, 0.1) is 13.7 Å². The molecule has 134 valence electrons. The second kappa shape index (κ2) is 13.0. The Bertz CT molecular complexity index is 394. The Hall–Kier alpha value is -1.48. The number of hydrogen-bond acceptors (Lipinski definition) is 7. The second-order valence-electron chi connectivity index (χ2n) is 4.59. The third-order valence-electron chi connectivity index (χ3n) is 2.68. The number of carbonyl (C=O) groups is 2. The maximum Gasteiger partial charge on any atom is 0.500 e. The highest BCUT2D eigenvalue weighted by atomic mass is 28.4. The molecule has 0 fully saturated rings. The molecular formula is C15H28O7Si. The normalized spacial score (nSPS) is 10.2. The van der Waals surface area contributed by atoms with Gasteiger partial charge in [0, 0.05) is 38.5 Å². The van der Waals surface area contributed by atoms with E-state index >= 15 is 0 Å².